The van der Waals surface area contributed by atoms with Crippen LogP contribution in [0.4, 0.5) is 4.79 Å². The Morgan fingerprint density at radius 2 is 2.13 bits per heavy atom. The average Bonchev–Trinajstić information content (AvgIpc) is 2.87. The molecule has 23 heavy (non-hydrogen) atoms. The van der Waals surface area contributed by atoms with Crippen LogP contribution in [-0.4, -0.2) is 38.6 Å². The summed E-state index contributed by atoms with van der Waals surface area (Å²) in [5.41, 5.74) is 0.824. The molecule has 1 aliphatic rings. The van der Waals surface area contributed by atoms with E-state index in [1.807, 2.05) is 16.8 Å². The quantitative estimate of drug-likeness (QED) is 0.856. The van der Waals surface area contributed by atoms with Crippen LogP contribution >= 0.6 is 0 Å². The molecular weight excluding hydrogens is 294 g/mol. The Hall–Kier alpha value is -2.11. The molecule has 2 amide bonds. The molecule has 6 heteroatoms. The summed E-state index contributed by atoms with van der Waals surface area (Å²) in [4.78, 5) is 30.2. The number of imide groups is 1. The van der Waals surface area contributed by atoms with Gasteiger partial charge in [0.05, 0.1) is 12.0 Å². The third kappa shape index (κ3) is 4.68. The van der Waals surface area contributed by atoms with Crippen LogP contribution in [0.2, 0.25) is 0 Å². The van der Waals surface area contributed by atoms with Crippen LogP contribution in [0, 0.1) is 0 Å². The van der Waals surface area contributed by atoms with Gasteiger partial charge in [-0.15, -0.1) is 0 Å². The fourth-order valence-corrected chi connectivity index (χ4v) is 2.44. The van der Waals surface area contributed by atoms with Crippen molar-refractivity contribution in [3.05, 3.63) is 29.9 Å². The molecule has 0 saturated carbocycles. The second-order valence-electron chi connectivity index (χ2n) is 6.73. The number of carbonyl (C=O) groups is 2. The van der Waals surface area contributed by atoms with Crippen LogP contribution in [0.5, 0.6) is 0 Å². The summed E-state index contributed by atoms with van der Waals surface area (Å²) in [6.07, 6.45) is 7.16. The van der Waals surface area contributed by atoms with Gasteiger partial charge in [0, 0.05) is 31.3 Å². The zero-order chi connectivity index (χ0) is 17.0. The number of aromatic nitrogens is 2. The number of imidazole rings is 1. The van der Waals surface area contributed by atoms with Gasteiger partial charge < -0.3 is 9.30 Å². The zero-order valence-corrected chi connectivity index (χ0v) is 14.3. The number of rotatable bonds is 4. The van der Waals surface area contributed by atoms with E-state index in [2.05, 4.69) is 11.9 Å². The van der Waals surface area contributed by atoms with Gasteiger partial charge in [0.1, 0.15) is 5.60 Å². The molecular formula is C17H25N3O3. The number of nitrogens with zero attached hydrogens (tertiary/aromatic N) is 3. The van der Waals surface area contributed by atoms with Crippen LogP contribution in [0.1, 0.15) is 46.2 Å². The number of ether oxygens (including phenoxy) is 1. The third-order valence-corrected chi connectivity index (χ3v) is 3.42. The summed E-state index contributed by atoms with van der Waals surface area (Å²) in [5.74, 6) is -0.282. The van der Waals surface area contributed by atoms with Crippen molar-refractivity contribution in [1.29, 1.82) is 0 Å². The maximum Gasteiger partial charge on any atom is 0.417 e. The number of hydrogen-bond acceptors (Lipinski definition) is 4. The van der Waals surface area contributed by atoms with E-state index in [4.69, 9.17) is 4.74 Å². The van der Waals surface area contributed by atoms with Crippen molar-refractivity contribution in [3.63, 3.8) is 0 Å². The Labute approximate surface area is 137 Å². The maximum atomic E-state index is 12.5. The summed E-state index contributed by atoms with van der Waals surface area (Å²) < 4.78 is 7.31. The van der Waals surface area contributed by atoms with Crippen LogP contribution in [0.15, 0.2) is 24.2 Å². The molecule has 0 spiro atoms. The predicted molar refractivity (Wildman–Crippen MR) is 86.9 cm³/mol. The SMILES string of the molecule is CCCn1cnc(CC2=CCCN(C(=O)OC(C)(C)C)C2=O)c1. The summed E-state index contributed by atoms with van der Waals surface area (Å²) in [5, 5.41) is 0. The molecule has 2 rings (SSSR count). The summed E-state index contributed by atoms with van der Waals surface area (Å²) in [6, 6.07) is 0. The first-order valence-electron chi connectivity index (χ1n) is 8.04. The van der Waals surface area contributed by atoms with E-state index in [-0.39, 0.29) is 5.91 Å². The Bertz CT molecular complexity index is 611. The first-order valence-corrected chi connectivity index (χ1v) is 8.04. The largest absolute Gasteiger partial charge is 0.443 e. The second-order valence-corrected chi connectivity index (χ2v) is 6.73. The van der Waals surface area contributed by atoms with E-state index in [9.17, 15) is 9.59 Å². The lowest BCUT2D eigenvalue weighted by molar-refractivity contribution is -0.127. The predicted octanol–water partition coefficient (Wildman–Crippen LogP) is 2.93. The molecule has 0 bridgehead atoms. The highest BCUT2D eigenvalue weighted by atomic mass is 16.6. The fraction of sp³-hybridized carbons (Fsp3) is 0.588. The van der Waals surface area contributed by atoms with E-state index in [1.54, 1.807) is 27.1 Å². The zero-order valence-electron chi connectivity index (χ0n) is 14.3. The molecule has 1 aromatic heterocycles. The average molecular weight is 319 g/mol. The van der Waals surface area contributed by atoms with Crippen molar-refractivity contribution in [1.82, 2.24) is 14.5 Å². The minimum Gasteiger partial charge on any atom is -0.443 e. The van der Waals surface area contributed by atoms with E-state index in [0.717, 1.165) is 18.7 Å². The van der Waals surface area contributed by atoms with E-state index in [1.165, 1.54) is 4.90 Å². The van der Waals surface area contributed by atoms with Gasteiger partial charge in [-0.25, -0.2) is 14.7 Å². The minimum atomic E-state index is -0.613. The lowest BCUT2D eigenvalue weighted by Gasteiger charge is -2.28. The molecule has 0 fully saturated rings. The molecule has 0 aliphatic carbocycles. The van der Waals surface area contributed by atoms with Crippen molar-refractivity contribution in [2.45, 2.75) is 59.1 Å². The minimum absolute atomic E-state index is 0.282. The van der Waals surface area contributed by atoms with Crippen molar-refractivity contribution in [2.24, 2.45) is 0 Å². The molecule has 126 valence electrons. The number of hydrogen-bond donors (Lipinski definition) is 0. The summed E-state index contributed by atoms with van der Waals surface area (Å²) in [6.45, 7) is 8.74. The molecule has 0 radical (unpaired) electrons. The van der Waals surface area contributed by atoms with Gasteiger partial charge in [-0.05, 0) is 33.6 Å². The van der Waals surface area contributed by atoms with Crippen LogP contribution in [0.25, 0.3) is 0 Å². The van der Waals surface area contributed by atoms with Gasteiger partial charge in [0.15, 0.2) is 0 Å². The molecule has 0 aromatic carbocycles. The van der Waals surface area contributed by atoms with Crippen LogP contribution < -0.4 is 0 Å². The third-order valence-electron chi connectivity index (χ3n) is 3.42. The van der Waals surface area contributed by atoms with Crippen molar-refractivity contribution >= 4 is 12.0 Å². The Morgan fingerprint density at radius 3 is 2.78 bits per heavy atom. The Morgan fingerprint density at radius 1 is 1.39 bits per heavy atom. The topological polar surface area (TPSA) is 64.4 Å². The number of amides is 2. The molecule has 0 N–H and O–H groups in total. The smallest absolute Gasteiger partial charge is 0.417 e. The van der Waals surface area contributed by atoms with Gasteiger partial charge in [-0.1, -0.05) is 13.0 Å². The number of carbonyl (C=O) groups excluding carboxylic acids is 2. The Kier molecular flexibility index (Phi) is 5.23. The van der Waals surface area contributed by atoms with Gasteiger partial charge in [-0.3, -0.25) is 4.79 Å². The van der Waals surface area contributed by atoms with Gasteiger partial charge in [0.25, 0.3) is 5.91 Å². The van der Waals surface area contributed by atoms with Crippen molar-refractivity contribution < 1.29 is 14.3 Å². The van der Waals surface area contributed by atoms with E-state index < -0.39 is 11.7 Å². The maximum absolute atomic E-state index is 12.5. The monoisotopic (exact) mass is 319 g/mol. The molecule has 2 heterocycles. The first-order chi connectivity index (χ1) is 10.8. The lowest BCUT2D eigenvalue weighted by atomic mass is 10.0. The van der Waals surface area contributed by atoms with Gasteiger partial charge in [-0.2, -0.15) is 0 Å². The second kappa shape index (κ2) is 6.98. The van der Waals surface area contributed by atoms with E-state index in [0.29, 0.717) is 25.0 Å². The van der Waals surface area contributed by atoms with E-state index >= 15 is 0 Å². The fourth-order valence-electron chi connectivity index (χ4n) is 2.44. The first kappa shape index (κ1) is 17.2. The molecule has 0 atom stereocenters. The van der Waals surface area contributed by atoms with Crippen molar-refractivity contribution in [2.75, 3.05) is 6.54 Å². The molecule has 6 nitrogen and oxygen atoms in total. The standard InChI is InChI=1S/C17H25N3O3/c1-5-8-19-11-14(18-12-19)10-13-7-6-9-20(15(13)21)16(22)23-17(2,3)4/h7,11-12H,5-6,8-10H2,1-4H3. The summed E-state index contributed by atoms with van der Waals surface area (Å²) in [7, 11) is 0. The highest BCUT2D eigenvalue weighted by Crippen LogP contribution is 2.19. The highest BCUT2D eigenvalue weighted by Gasteiger charge is 2.31. The molecule has 0 unspecified atom stereocenters. The summed E-state index contributed by atoms with van der Waals surface area (Å²) >= 11 is 0. The Balaban J connectivity index is 2.04. The molecule has 1 aromatic rings. The highest BCUT2D eigenvalue weighted by molar-refractivity contribution is 6.03. The normalized spacial score (nSPS) is 15.6. The van der Waals surface area contributed by atoms with Gasteiger partial charge in [0.2, 0.25) is 0 Å². The number of aryl methyl sites for hydroxylation is 1. The molecule has 0 saturated heterocycles. The van der Waals surface area contributed by atoms with Crippen LogP contribution in [0.3, 0.4) is 0 Å². The van der Waals surface area contributed by atoms with Crippen LogP contribution in [-0.2, 0) is 22.5 Å². The van der Waals surface area contributed by atoms with Crippen molar-refractivity contribution in [3.8, 4) is 0 Å². The molecule has 1 aliphatic heterocycles. The lowest BCUT2D eigenvalue weighted by Crippen LogP contribution is -2.43. The van der Waals surface area contributed by atoms with Gasteiger partial charge >= 0.3 is 6.09 Å².